The van der Waals surface area contributed by atoms with Crippen LogP contribution in [0.25, 0.3) is 0 Å². The first-order valence-electron chi connectivity index (χ1n) is 10.7. The van der Waals surface area contributed by atoms with E-state index in [0.717, 1.165) is 11.1 Å². The number of nitriles is 1. The van der Waals surface area contributed by atoms with Crippen LogP contribution in [0.1, 0.15) is 61.8 Å². The smallest absolute Gasteiger partial charge is 0.243 e. The van der Waals surface area contributed by atoms with E-state index in [1.807, 2.05) is 60.7 Å². The molecule has 2 aromatic rings. The fourth-order valence-electron chi connectivity index (χ4n) is 3.93. The van der Waals surface area contributed by atoms with Crippen molar-refractivity contribution in [3.8, 4) is 6.07 Å². The van der Waals surface area contributed by atoms with Crippen molar-refractivity contribution in [3.63, 3.8) is 0 Å². The van der Waals surface area contributed by atoms with Gasteiger partial charge in [-0.1, -0.05) is 68.4 Å². The van der Waals surface area contributed by atoms with Crippen LogP contribution in [0, 0.1) is 11.3 Å². The fourth-order valence-corrected chi connectivity index (χ4v) is 3.93. The summed E-state index contributed by atoms with van der Waals surface area (Å²) in [5.74, 6) is -0.349. The fraction of sp³-hybridized carbons (Fsp3) is 0.400. The number of halogens is 1. The monoisotopic (exact) mass is 421 g/mol. The average Bonchev–Trinajstić information content (AvgIpc) is 3.18. The Bertz CT molecular complexity index is 937. The van der Waals surface area contributed by atoms with Gasteiger partial charge in [-0.2, -0.15) is 5.26 Å². The van der Waals surface area contributed by atoms with Gasteiger partial charge < -0.3 is 10.2 Å². The van der Waals surface area contributed by atoms with E-state index in [0.29, 0.717) is 5.92 Å². The lowest BCUT2D eigenvalue weighted by Crippen LogP contribution is -2.47. The number of nitrogens with one attached hydrogen (secondary N) is 1. The van der Waals surface area contributed by atoms with Gasteiger partial charge in [0.25, 0.3) is 0 Å². The summed E-state index contributed by atoms with van der Waals surface area (Å²) in [4.78, 5) is 26.9. The van der Waals surface area contributed by atoms with Gasteiger partial charge >= 0.3 is 0 Å². The zero-order valence-electron chi connectivity index (χ0n) is 17.9. The number of carbonyl (C=O) groups is 2. The van der Waals surface area contributed by atoms with Crippen LogP contribution in [-0.4, -0.2) is 35.5 Å². The Labute approximate surface area is 182 Å². The first kappa shape index (κ1) is 22.5. The first-order valence-corrected chi connectivity index (χ1v) is 10.7. The molecule has 1 fully saturated rings. The van der Waals surface area contributed by atoms with E-state index < -0.39 is 18.3 Å². The van der Waals surface area contributed by atoms with Crippen LogP contribution in [0.4, 0.5) is 4.39 Å². The molecule has 5 nitrogen and oxygen atoms in total. The van der Waals surface area contributed by atoms with Crippen LogP contribution in [-0.2, 0) is 9.59 Å². The van der Waals surface area contributed by atoms with Gasteiger partial charge in [0.15, 0.2) is 0 Å². The molecule has 3 rings (SSSR count). The summed E-state index contributed by atoms with van der Waals surface area (Å²) in [5.41, 5.74) is 3.03. The lowest BCUT2D eigenvalue weighted by molar-refractivity contribution is -0.138. The molecule has 6 heteroatoms. The molecule has 31 heavy (non-hydrogen) atoms. The van der Waals surface area contributed by atoms with Crippen molar-refractivity contribution in [1.82, 2.24) is 10.2 Å². The van der Waals surface area contributed by atoms with E-state index in [2.05, 4.69) is 19.2 Å². The molecule has 0 spiro atoms. The maximum absolute atomic E-state index is 14.1. The molecule has 0 aromatic heterocycles. The second-order valence-corrected chi connectivity index (χ2v) is 8.23. The quantitative estimate of drug-likeness (QED) is 0.726. The highest BCUT2D eigenvalue weighted by atomic mass is 19.1. The molecule has 162 valence electrons. The number of amides is 2. The van der Waals surface area contributed by atoms with E-state index >= 15 is 0 Å². The van der Waals surface area contributed by atoms with Gasteiger partial charge in [-0.05, 0) is 22.6 Å². The minimum Gasteiger partial charge on any atom is -0.343 e. The Morgan fingerprint density at radius 1 is 1.10 bits per heavy atom. The molecule has 0 aliphatic carbocycles. The van der Waals surface area contributed by atoms with Gasteiger partial charge in [-0.25, -0.2) is 4.39 Å². The molecule has 1 N–H and O–H groups in total. The summed E-state index contributed by atoms with van der Waals surface area (Å²) in [5, 5.41) is 11.8. The summed E-state index contributed by atoms with van der Waals surface area (Å²) in [6, 6.07) is 18.3. The third-order valence-corrected chi connectivity index (χ3v) is 5.68. The van der Waals surface area contributed by atoms with Gasteiger partial charge in [0.2, 0.25) is 11.8 Å². The predicted octanol–water partition coefficient (Wildman–Crippen LogP) is 4.26. The number of hydrogen-bond donors (Lipinski definition) is 1. The number of alkyl halides is 1. The maximum atomic E-state index is 14.1. The maximum Gasteiger partial charge on any atom is 0.243 e. The molecule has 1 saturated heterocycles. The summed E-state index contributed by atoms with van der Waals surface area (Å²) >= 11 is 0. The van der Waals surface area contributed by atoms with Crippen molar-refractivity contribution >= 4 is 11.8 Å². The molecule has 1 heterocycles. The van der Waals surface area contributed by atoms with Crippen molar-refractivity contribution in [2.75, 3.05) is 6.54 Å². The summed E-state index contributed by atoms with van der Waals surface area (Å²) in [6.45, 7) is 4.13. The zero-order chi connectivity index (χ0) is 22.4. The third-order valence-electron chi connectivity index (χ3n) is 5.68. The van der Waals surface area contributed by atoms with Crippen molar-refractivity contribution in [3.05, 3.63) is 71.3 Å². The second-order valence-electron chi connectivity index (χ2n) is 8.23. The topological polar surface area (TPSA) is 73.2 Å². The Morgan fingerprint density at radius 2 is 1.71 bits per heavy atom. The van der Waals surface area contributed by atoms with Gasteiger partial charge in [0, 0.05) is 19.3 Å². The van der Waals surface area contributed by atoms with Crippen molar-refractivity contribution in [2.45, 2.75) is 57.3 Å². The summed E-state index contributed by atoms with van der Waals surface area (Å²) < 4.78 is 14.1. The highest BCUT2D eigenvalue weighted by molar-refractivity contribution is 5.89. The first-order chi connectivity index (χ1) is 14.9. The van der Waals surface area contributed by atoms with Gasteiger partial charge in [-0.3, -0.25) is 9.59 Å². The summed E-state index contributed by atoms with van der Waals surface area (Å²) in [7, 11) is 0. The third kappa shape index (κ3) is 5.49. The normalized spacial score (nSPS) is 19.1. The second kappa shape index (κ2) is 10.2. The lowest BCUT2D eigenvalue weighted by atomic mass is 9.95. The lowest BCUT2D eigenvalue weighted by Gasteiger charge is -2.27. The molecule has 0 radical (unpaired) electrons. The van der Waals surface area contributed by atoms with Crippen LogP contribution in [0.15, 0.2) is 54.6 Å². The molecule has 3 unspecified atom stereocenters. The molecule has 1 aliphatic heterocycles. The number of likely N-dealkylation sites (tertiary alicyclic amines) is 1. The molecule has 1 aliphatic rings. The Hall–Kier alpha value is -3.20. The van der Waals surface area contributed by atoms with Crippen LogP contribution in [0.2, 0.25) is 0 Å². The highest BCUT2D eigenvalue weighted by Gasteiger charge is 2.40. The van der Waals surface area contributed by atoms with E-state index in [1.165, 1.54) is 10.5 Å². The van der Waals surface area contributed by atoms with Gasteiger partial charge in [0.1, 0.15) is 12.2 Å². The molecular formula is C25H28FN3O2. The largest absolute Gasteiger partial charge is 0.343 e. The van der Waals surface area contributed by atoms with Crippen LogP contribution in [0.3, 0.4) is 0 Å². The molecule has 2 amide bonds. The van der Waals surface area contributed by atoms with Crippen molar-refractivity contribution in [2.24, 2.45) is 0 Å². The number of rotatable bonds is 7. The predicted molar refractivity (Wildman–Crippen MR) is 117 cm³/mol. The molecule has 2 aromatic carbocycles. The van der Waals surface area contributed by atoms with E-state index in [9.17, 15) is 14.0 Å². The van der Waals surface area contributed by atoms with E-state index in [4.69, 9.17) is 5.26 Å². The van der Waals surface area contributed by atoms with E-state index in [-0.39, 0.29) is 37.6 Å². The van der Waals surface area contributed by atoms with Crippen LogP contribution < -0.4 is 5.32 Å². The molecule has 3 atom stereocenters. The minimum atomic E-state index is -1.25. The van der Waals surface area contributed by atoms with Gasteiger partial charge in [-0.15, -0.1) is 0 Å². The average molecular weight is 422 g/mol. The van der Waals surface area contributed by atoms with Crippen LogP contribution >= 0.6 is 0 Å². The highest BCUT2D eigenvalue weighted by Crippen LogP contribution is 2.27. The number of carbonyl (C=O) groups excluding carboxylic acids is 2. The minimum absolute atomic E-state index is 0.00816. The number of nitrogens with zero attached hydrogens (tertiary/aromatic N) is 2. The number of hydrogen-bond acceptors (Lipinski definition) is 3. The molecule has 0 saturated carbocycles. The molecular weight excluding hydrogens is 393 g/mol. The van der Waals surface area contributed by atoms with Crippen LogP contribution in [0.5, 0.6) is 0 Å². The Balaban J connectivity index is 1.84. The zero-order valence-corrected chi connectivity index (χ0v) is 17.9. The summed E-state index contributed by atoms with van der Waals surface area (Å²) in [6.07, 6.45) is -1.23. The van der Waals surface area contributed by atoms with E-state index in [1.54, 1.807) is 0 Å². The SMILES string of the molecule is CC(C)c1ccc(C(NC(=O)C2CC(F)CN2C(=O)CCC#N)c2ccccc2)cc1. The number of benzene rings is 2. The Kier molecular flexibility index (Phi) is 7.41. The van der Waals surface area contributed by atoms with Gasteiger partial charge in [0.05, 0.1) is 18.7 Å². The molecule has 0 bridgehead atoms. The standard InChI is InChI=1S/C25H28FN3O2/c1-17(2)18-10-12-20(13-11-18)24(19-7-4-3-5-8-19)28-25(31)22-15-21(26)16-29(22)23(30)9-6-14-27/h3-5,7-8,10-13,17,21-22,24H,6,9,15-16H2,1-2H3,(H,28,31). The van der Waals surface area contributed by atoms with Crippen molar-refractivity contribution < 1.29 is 14.0 Å². The van der Waals surface area contributed by atoms with Crippen molar-refractivity contribution in [1.29, 1.82) is 5.26 Å². The Morgan fingerprint density at radius 3 is 2.32 bits per heavy atom.